The van der Waals surface area contributed by atoms with Gasteiger partial charge in [-0.2, -0.15) is 0 Å². The fourth-order valence-corrected chi connectivity index (χ4v) is 1.94. The molecule has 1 aromatic heterocycles. The van der Waals surface area contributed by atoms with Crippen LogP contribution in [0.3, 0.4) is 0 Å². The molecule has 1 saturated heterocycles. The van der Waals surface area contributed by atoms with Crippen LogP contribution >= 0.6 is 0 Å². The van der Waals surface area contributed by atoms with Gasteiger partial charge in [0, 0.05) is 6.54 Å². The van der Waals surface area contributed by atoms with E-state index in [0.717, 1.165) is 24.6 Å². The lowest BCUT2D eigenvalue weighted by molar-refractivity contribution is 0.271. The maximum absolute atomic E-state index is 8.93. The van der Waals surface area contributed by atoms with Crippen LogP contribution in [0.5, 0.6) is 0 Å². The molecule has 0 radical (unpaired) electrons. The molecule has 1 unspecified atom stereocenters. The Morgan fingerprint density at radius 3 is 3.07 bits per heavy atom. The largest absolute Gasteiger partial charge is 0.395 e. The zero-order valence-corrected chi connectivity index (χ0v) is 8.40. The molecule has 2 heterocycles. The van der Waals surface area contributed by atoms with Crippen LogP contribution < -0.4 is 5.32 Å². The first kappa shape index (κ1) is 9.61. The van der Waals surface area contributed by atoms with Gasteiger partial charge in [0.1, 0.15) is 11.6 Å². The van der Waals surface area contributed by atoms with E-state index in [2.05, 4.69) is 15.5 Å². The van der Waals surface area contributed by atoms with Gasteiger partial charge >= 0.3 is 0 Å². The highest BCUT2D eigenvalue weighted by Gasteiger charge is 2.22. The van der Waals surface area contributed by atoms with E-state index in [1.807, 2.05) is 11.5 Å². The topological polar surface area (TPSA) is 63.0 Å². The fraction of sp³-hybridized carbons (Fsp3) is 0.778. The lowest BCUT2D eigenvalue weighted by Crippen LogP contribution is -2.19. The lowest BCUT2D eigenvalue weighted by atomic mass is 10.2. The van der Waals surface area contributed by atoms with Crippen molar-refractivity contribution in [2.24, 2.45) is 0 Å². The van der Waals surface area contributed by atoms with Crippen LogP contribution in [-0.2, 0) is 6.54 Å². The molecule has 0 aliphatic carbocycles. The average molecular weight is 196 g/mol. The van der Waals surface area contributed by atoms with Gasteiger partial charge in [-0.1, -0.05) is 0 Å². The van der Waals surface area contributed by atoms with Crippen molar-refractivity contribution < 1.29 is 5.11 Å². The van der Waals surface area contributed by atoms with E-state index in [1.54, 1.807) is 0 Å². The number of aliphatic hydroxyl groups excluding tert-OH is 1. The van der Waals surface area contributed by atoms with Gasteiger partial charge in [0.05, 0.1) is 12.6 Å². The average Bonchev–Trinajstić information content (AvgIpc) is 2.77. The molecule has 78 valence electrons. The SMILES string of the molecule is Cc1nnc(C2CCCN2)n1CCO. The first-order valence-electron chi connectivity index (χ1n) is 5.07. The predicted octanol–water partition coefficient (Wildman–Crippen LogP) is 0.00332. The van der Waals surface area contributed by atoms with Gasteiger partial charge in [0.15, 0.2) is 0 Å². The predicted molar refractivity (Wildman–Crippen MR) is 51.8 cm³/mol. The molecular formula is C9H16N4O. The maximum Gasteiger partial charge on any atom is 0.150 e. The third kappa shape index (κ3) is 1.65. The van der Waals surface area contributed by atoms with E-state index < -0.39 is 0 Å². The van der Waals surface area contributed by atoms with Gasteiger partial charge in [-0.25, -0.2) is 0 Å². The molecule has 1 fully saturated rings. The summed E-state index contributed by atoms with van der Waals surface area (Å²) in [6.07, 6.45) is 2.30. The maximum atomic E-state index is 8.93. The highest BCUT2D eigenvalue weighted by atomic mass is 16.3. The zero-order chi connectivity index (χ0) is 9.97. The van der Waals surface area contributed by atoms with Gasteiger partial charge in [0.2, 0.25) is 0 Å². The summed E-state index contributed by atoms with van der Waals surface area (Å²) < 4.78 is 1.99. The van der Waals surface area contributed by atoms with E-state index >= 15 is 0 Å². The molecule has 2 N–H and O–H groups in total. The minimum Gasteiger partial charge on any atom is -0.395 e. The third-order valence-corrected chi connectivity index (χ3v) is 2.66. The first-order chi connectivity index (χ1) is 6.83. The van der Waals surface area contributed by atoms with Gasteiger partial charge in [-0.05, 0) is 26.3 Å². The van der Waals surface area contributed by atoms with Crippen molar-refractivity contribution in [3.63, 3.8) is 0 Å². The van der Waals surface area contributed by atoms with Crippen molar-refractivity contribution in [1.29, 1.82) is 0 Å². The summed E-state index contributed by atoms with van der Waals surface area (Å²) in [4.78, 5) is 0. The molecule has 5 heteroatoms. The van der Waals surface area contributed by atoms with Crippen LogP contribution in [0, 0.1) is 6.92 Å². The summed E-state index contributed by atoms with van der Waals surface area (Å²) in [5.41, 5.74) is 0. The molecule has 5 nitrogen and oxygen atoms in total. The van der Waals surface area contributed by atoms with Crippen LogP contribution in [0.2, 0.25) is 0 Å². The summed E-state index contributed by atoms with van der Waals surface area (Å²) in [6, 6.07) is 0.322. The van der Waals surface area contributed by atoms with E-state index in [1.165, 1.54) is 6.42 Å². The lowest BCUT2D eigenvalue weighted by Gasteiger charge is -2.11. The second-order valence-corrected chi connectivity index (χ2v) is 3.63. The minimum absolute atomic E-state index is 0.137. The molecule has 1 atom stereocenters. The molecule has 2 rings (SSSR count). The van der Waals surface area contributed by atoms with Gasteiger partial charge in [0.25, 0.3) is 0 Å². The Morgan fingerprint density at radius 2 is 2.43 bits per heavy atom. The number of aliphatic hydroxyl groups is 1. The van der Waals surface area contributed by atoms with Crippen molar-refractivity contribution in [3.05, 3.63) is 11.6 Å². The molecule has 0 amide bonds. The quantitative estimate of drug-likeness (QED) is 0.714. The van der Waals surface area contributed by atoms with Crippen molar-refractivity contribution in [1.82, 2.24) is 20.1 Å². The van der Waals surface area contributed by atoms with E-state index in [4.69, 9.17) is 5.11 Å². The van der Waals surface area contributed by atoms with Crippen LogP contribution in [0.15, 0.2) is 0 Å². The Hall–Kier alpha value is -0.940. The number of nitrogens with zero attached hydrogens (tertiary/aromatic N) is 3. The smallest absolute Gasteiger partial charge is 0.150 e. The van der Waals surface area contributed by atoms with Gasteiger partial charge in [-0.15, -0.1) is 10.2 Å². The van der Waals surface area contributed by atoms with Crippen LogP contribution in [0.4, 0.5) is 0 Å². The number of nitrogens with one attached hydrogen (secondary N) is 1. The molecule has 1 aromatic rings. The van der Waals surface area contributed by atoms with E-state index in [9.17, 15) is 0 Å². The monoisotopic (exact) mass is 196 g/mol. The van der Waals surface area contributed by atoms with Crippen molar-refractivity contribution in [2.45, 2.75) is 32.4 Å². The second-order valence-electron chi connectivity index (χ2n) is 3.63. The van der Waals surface area contributed by atoms with Crippen LogP contribution in [0.1, 0.15) is 30.5 Å². The van der Waals surface area contributed by atoms with Gasteiger partial charge < -0.3 is 15.0 Å². The number of hydrogen-bond acceptors (Lipinski definition) is 4. The standard InChI is InChI=1S/C9H16N4O/c1-7-11-12-9(13(7)5-6-14)8-3-2-4-10-8/h8,10,14H,2-6H2,1H3. The molecule has 0 saturated carbocycles. The fourth-order valence-electron chi connectivity index (χ4n) is 1.94. The summed E-state index contributed by atoms with van der Waals surface area (Å²) in [6.45, 7) is 3.70. The van der Waals surface area contributed by atoms with E-state index in [0.29, 0.717) is 12.6 Å². The molecule has 14 heavy (non-hydrogen) atoms. The van der Waals surface area contributed by atoms with Crippen molar-refractivity contribution >= 4 is 0 Å². The number of rotatable bonds is 3. The highest BCUT2D eigenvalue weighted by molar-refractivity contribution is 5.02. The number of hydrogen-bond donors (Lipinski definition) is 2. The summed E-state index contributed by atoms with van der Waals surface area (Å²) in [7, 11) is 0. The molecule has 0 bridgehead atoms. The Kier molecular flexibility index (Phi) is 2.79. The summed E-state index contributed by atoms with van der Waals surface area (Å²) in [5, 5.41) is 20.5. The highest BCUT2D eigenvalue weighted by Crippen LogP contribution is 2.21. The Morgan fingerprint density at radius 1 is 1.57 bits per heavy atom. The molecular weight excluding hydrogens is 180 g/mol. The first-order valence-corrected chi connectivity index (χ1v) is 5.07. The number of aryl methyl sites for hydroxylation is 1. The van der Waals surface area contributed by atoms with E-state index in [-0.39, 0.29) is 6.61 Å². The summed E-state index contributed by atoms with van der Waals surface area (Å²) in [5.74, 6) is 1.84. The molecule has 1 aliphatic heterocycles. The Bertz CT molecular complexity index is 304. The summed E-state index contributed by atoms with van der Waals surface area (Å²) >= 11 is 0. The molecule has 0 aromatic carbocycles. The molecule has 0 spiro atoms. The molecule has 1 aliphatic rings. The van der Waals surface area contributed by atoms with Gasteiger partial charge in [-0.3, -0.25) is 0 Å². The van der Waals surface area contributed by atoms with Crippen molar-refractivity contribution in [2.75, 3.05) is 13.2 Å². The second kappa shape index (κ2) is 4.06. The Balaban J connectivity index is 2.22. The minimum atomic E-state index is 0.137. The Labute approximate surface area is 83.2 Å². The zero-order valence-electron chi connectivity index (χ0n) is 8.40. The normalized spacial score (nSPS) is 21.7. The van der Waals surface area contributed by atoms with Crippen molar-refractivity contribution in [3.8, 4) is 0 Å². The third-order valence-electron chi connectivity index (χ3n) is 2.66. The van der Waals surface area contributed by atoms with Crippen LogP contribution in [0.25, 0.3) is 0 Å². The number of aromatic nitrogens is 3. The van der Waals surface area contributed by atoms with Crippen LogP contribution in [-0.4, -0.2) is 33.0 Å².